The Morgan fingerprint density at radius 3 is 2.50 bits per heavy atom. The first-order valence-corrected chi connectivity index (χ1v) is 12.7. The highest BCUT2D eigenvalue weighted by Crippen LogP contribution is 2.33. The number of aromatic nitrogens is 1. The predicted molar refractivity (Wildman–Crippen MR) is 143 cm³/mol. The van der Waals surface area contributed by atoms with Crippen LogP contribution in [0.5, 0.6) is 11.5 Å². The number of fused-ring (bicyclic) bond motifs is 5. The van der Waals surface area contributed by atoms with E-state index in [0.29, 0.717) is 79.9 Å². The highest BCUT2D eigenvalue weighted by atomic mass is 16.5. The molecule has 0 fully saturated rings. The molecule has 38 heavy (non-hydrogen) atoms. The molecule has 9 nitrogen and oxygen atoms in total. The Kier molecular flexibility index (Phi) is 8.92. The molecule has 1 aromatic heterocycles. The summed E-state index contributed by atoms with van der Waals surface area (Å²) < 4.78 is 5.42. The van der Waals surface area contributed by atoms with Crippen molar-refractivity contribution in [3.63, 3.8) is 0 Å². The second-order valence-electron chi connectivity index (χ2n) is 9.11. The lowest BCUT2D eigenvalue weighted by Crippen LogP contribution is -2.36. The van der Waals surface area contributed by atoms with Crippen molar-refractivity contribution in [3.8, 4) is 22.6 Å². The van der Waals surface area contributed by atoms with Crippen LogP contribution in [0.25, 0.3) is 11.1 Å². The third-order valence-corrected chi connectivity index (χ3v) is 6.49. The molecule has 2 aromatic carbocycles. The number of aromatic hydroxyl groups is 1. The number of carbonyl (C=O) groups excluding carboxylic acids is 3. The van der Waals surface area contributed by atoms with Crippen molar-refractivity contribution in [2.45, 2.75) is 25.7 Å². The summed E-state index contributed by atoms with van der Waals surface area (Å²) in [6.07, 6.45) is 5.06. The van der Waals surface area contributed by atoms with Gasteiger partial charge in [-0.3, -0.25) is 19.4 Å². The van der Waals surface area contributed by atoms with Gasteiger partial charge < -0.3 is 25.4 Å². The van der Waals surface area contributed by atoms with Crippen molar-refractivity contribution in [2.75, 3.05) is 33.3 Å². The minimum absolute atomic E-state index is 0.0784. The van der Waals surface area contributed by atoms with Gasteiger partial charge >= 0.3 is 0 Å². The summed E-state index contributed by atoms with van der Waals surface area (Å²) in [6.45, 7) is 1.62. The van der Waals surface area contributed by atoms with Gasteiger partial charge in [-0.15, -0.1) is 0 Å². The number of nitrogens with one attached hydrogen (secondary N) is 2. The average molecular weight is 517 g/mol. The van der Waals surface area contributed by atoms with Crippen LogP contribution in [0.4, 0.5) is 0 Å². The fraction of sp³-hybridized carbons (Fsp3) is 0.310. The Bertz CT molecular complexity index is 1300. The van der Waals surface area contributed by atoms with Gasteiger partial charge in [0.25, 0.3) is 11.8 Å². The van der Waals surface area contributed by atoms with Crippen LogP contribution in [0, 0.1) is 0 Å². The highest BCUT2D eigenvalue weighted by molar-refractivity contribution is 5.98. The molecule has 9 heteroatoms. The quantitative estimate of drug-likeness (QED) is 0.481. The molecule has 0 saturated heterocycles. The summed E-state index contributed by atoms with van der Waals surface area (Å²) in [5.74, 6) is -0.00742. The Morgan fingerprint density at radius 1 is 0.921 bits per heavy atom. The van der Waals surface area contributed by atoms with Crippen LogP contribution < -0.4 is 15.4 Å². The molecule has 198 valence electrons. The lowest BCUT2D eigenvalue weighted by atomic mass is 9.98. The first-order chi connectivity index (χ1) is 18.5. The second-order valence-corrected chi connectivity index (χ2v) is 9.11. The molecule has 0 saturated carbocycles. The summed E-state index contributed by atoms with van der Waals surface area (Å²) in [7, 11) is 1.50. The maximum atomic E-state index is 13.1. The maximum Gasteiger partial charge on any atom is 0.255 e. The topological polar surface area (TPSA) is 121 Å². The number of ether oxygens (including phenoxy) is 1. The van der Waals surface area contributed by atoms with E-state index in [0.717, 1.165) is 5.56 Å². The summed E-state index contributed by atoms with van der Waals surface area (Å²) in [4.78, 5) is 44.3. The fourth-order valence-corrected chi connectivity index (χ4v) is 4.45. The van der Waals surface area contributed by atoms with E-state index in [1.165, 1.54) is 7.11 Å². The summed E-state index contributed by atoms with van der Waals surface area (Å²) in [5, 5.41) is 16.4. The number of carbonyl (C=O) groups is 3. The van der Waals surface area contributed by atoms with Gasteiger partial charge in [0.2, 0.25) is 5.91 Å². The van der Waals surface area contributed by atoms with E-state index >= 15 is 0 Å². The number of benzene rings is 2. The number of phenols is 1. The maximum absolute atomic E-state index is 13.1. The number of hydrogen-bond acceptors (Lipinski definition) is 6. The van der Waals surface area contributed by atoms with Gasteiger partial charge in [0.15, 0.2) is 0 Å². The Balaban J connectivity index is 1.58. The van der Waals surface area contributed by atoms with Crippen molar-refractivity contribution in [1.29, 1.82) is 0 Å². The van der Waals surface area contributed by atoms with Gasteiger partial charge in [-0.05, 0) is 66.8 Å². The van der Waals surface area contributed by atoms with Crippen LogP contribution in [0.15, 0.2) is 60.9 Å². The lowest BCUT2D eigenvalue weighted by molar-refractivity contribution is -0.121. The number of pyridine rings is 1. The number of amides is 3. The SMILES string of the molecule is COc1ccc2cc1C(=O)NCCCN(C(=O)c1ccncc1)CCCC(=O)NCCc1ccc(O)c-2c1. The van der Waals surface area contributed by atoms with Crippen LogP contribution >= 0.6 is 0 Å². The zero-order valence-electron chi connectivity index (χ0n) is 21.4. The molecule has 0 atom stereocenters. The van der Waals surface area contributed by atoms with Crippen LogP contribution in [-0.4, -0.2) is 66.0 Å². The number of methoxy groups -OCH3 is 1. The van der Waals surface area contributed by atoms with Crippen molar-refractivity contribution >= 4 is 17.7 Å². The molecule has 1 aliphatic heterocycles. The first-order valence-electron chi connectivity index (χ1n) is 12.7. The molecule has 4 rings (SSSR count). The van der Waals surface area contributed by atoms with E-state index in [-0.39, 0.29) is 23.5 Å². The second kappa shape index (κ2) is 12.7. The van der Waals surface area contributed by atoms with Crippen LogP contribution in [0.2, 0.25) is 0 Å². The molecule has 0 aliphatic carbocycles. The summed E-state index contributed by atoms with van der Waals surface area (Å²) >= 11 is 0. The molecular weight excluding hydrogens is 484 g/mol. The van der Waals surface area contributed by atoms with E-state index in [4.69, 9.17) is 4.74 Å². The third-order valence-electron chi connectivity index (χ3n) is 6.49. The standard InChI is InChI=1S/C29H32N4O5/c1-38-26-8-6-22-19-24(26)28(36)32-12-3-17-33(29(37)21-10-13-30-14-11-21)16-2-4-27(35)31-15-9-20-5-7-25(34)23(22)18-20/h5-8,10-11,13-14,18-19,34H,2-4,9,12,15-17H2,1H3,(H,31,35)(H,32,36). The molecule has 4 bridgehead atoms. The number of nitrogens with zero attached hydrogens (tertiary/aromatic N) is 2. The molecule has 0 spiro atoms. The molecule has 0 radical (unpaired) electrons. The molecule has 3 amide bonds. The van der Waals surface area contributed by atoms with Crippen LogP contribution in [-0.2, 0) is 11.2 Å². The third kappa shape index (κ3) is 6.67. The Hall–Kier alpha value is -4.40. The first kappa shape index (κ1) is 26.7. The van der Waals surface area contributed by atoms with E-state index in [9.17, 15) is 19.5 Å². The van der Waals surface area contributed by atoms with Crippen molar-refractivity contribution in [2.24, 2.45) is 0 Å². The number of hydrogen-bond donors (Lipinski definition) is 3. The van der Waals surface area contributed by atoms with Gasteiger partial charge in [-0.25, -0.2) is 0 Å². The largest absolute Gasteiger partial charge is 0.507 e. The molecule has 0 unspecified atom stereocenters. The van der Waals surface area contributed by atoms with Gasteiger partial charge in [0.1, 0.15) is 11.5 Å². The molecular formula is C29H32N4O5. The smallest absolute Gasteiger partial charge is 0.255 e. The lowest BCUT2D eigenvalue weighted by Gasteiger charge is -2.23. The Labute approximate surface area is 221 Å². The van der Waals surface area contributed by atoms with Crippen LogP contribution in [0.3, 0.4) is 0 Å². The Morgan fingerprint density at radius 2 is 1.71 bits per heavy atom. The summed E-state index contributed by atoms with van der Waals surface area (Å²) in [5.41, 5.74) is 3.08. The molecule has 3 N–H and O–H groups in total. The normalized spacial score (nSPS) is 15.3. The van der Waals surface area contributed by atoms with Crippen molar-refractivity contribution in [3.05, 3.63) is 77.6 Å². The summed E-state index contributed by atoms with van der Waals surface area (Å²) in [6, 6.07) is 13.8. The molecule has 3 aromatic rings. The van der Waals surface area contributed by atoms with Gasteiger partial charge in [-0.2, -0.15) is 0 Å². The zero-order valence-corrected chi connectivity index (χ0v) is 21.4. The van der Waals surface area contributed by atoms with Crippen molar-refractivity contribution in [1.82, 2.24) is 20.5 Å². The molecule has 1 aliphatic rings. The minimum atomic E-state index is -0.306. The highest BCUT2D eigenvalue weighted by Gasteiger charge is 2.18. The monoisotopic (exact) mass is 516 g/mol. The van der Waals surface area contributed by atoms with Gasteiger partial charge in [0, 0.05) is 56.1 Å². The van der Waals surface area contributed by atoms with Gasteiger partial charge in [0.05, 0.1) is 12.7 Å². The van der Waals surface area contributed by atoms with E-state index in [2.05, 4.69) is 15.6 Å². The van der Waals surface area contributed by atoms with Gasteiger partial charge in [-0.1, -0.05) is 12.1 Å². The number of phenolic OH excluding ortho intramolecular Hbond substituents is 1. The van der Waals surface area contributed by atoms with Crippen LogP contribution in [0.1, 0.15) is 45.5 Å². The van der Waals surface area contributed by atoms with Crippen molar-refractivity contribution < 1.29 is 24.2 Å². The van der Waals surface area contributed by atoms with E-state index in [1.54, 1.807) is 53.7 Å². The molecule has 2 heterocycles. The zero-order chi connectivity index (χ0) is 26.9. The number of rotatable bonds is 2. The fourth-order valence-electron chi connectivity index (χ4n) is 4.45. The average Bonchev–Trinajstić information content (AvgIpc) is 2.94. The predicted octanol–water partition coefficient (Wildman–Crippen LogP) is 3.18. The minimum Gasteiger partial charge on any atom is -0.507 e. The van der Waals surface area contributed by atoms with E-state index in [1.807, 2.05) is 12.1 Å². The van der Waals surface area contributed by atoms with E-state index < -0.39 is 0 Å².